The van der Waals surface area contributed by atoms with Crippen molar-refractivity contribution in [3.63, 3.8) is 0 Å². The first-order valence-electron chi connectivity index (χ1n) is 7.94. The highest BCUT2D eigenvalue weighted by Crippen LogP contribution is 2.16. The smallest absolute Gasteiger partial charge is 0.410 e. The molecule has 7 heteroatoms. The van der Waals surface area contributed by atoms with Gasteiger partial charge in [0.05, 0.1) is 7.11 Å². The molecule has 1 aliphatic heterocycles. The van der Waals surface area contributed by atoms with E-state index in [-0.39, 0.29) is 12.1 Å². The van der Waals surface area contributed by atoms with Crippen molar-refractivity contribution in [1.29, 1.82) is 0 Å². The largest absolute Gasteiger partial charge is 0.480 e. The molecule has 1 amide bonds. The minimum atomic E-state index is -0.468. The molecule has 0 spiro atoms. The van der Waals surface area contributed by atoms with Crippen LogP contribution in [0.25, 0.3) is 0 Å². The quantitative estimate of drug-likeness (QED) is 0.913. The van der Waals surface area contributed by atoms with E-state index in [9.17, 15) is 4.79 Å². The zero-order valence-corrected chi connectivity index (χ0v) is 14.3. The van der Waals surface area contributed by atoms with Crippen LogP contribution in [0.15, 0.2) is 12.4 Å². The van der Waals surface area contributed by atoms with Gasteiger partial charge in [0.15, 0.2) is 0 Å². The van der Waals surface area contributed by atoms with Crippen LogP contribution in [-0.4, -0.2) is 52.8 Å². The molecule has 23 heavy (non-hydrogen) atoms. The Morgan fingerprint density at radius 2 is 2.13 bits per heavy atom. The molecule has 0 radical (unpaired) electrons. The number of likely N-dealkylation sites (tertiary alicyclic amines) is 1. The topological polar surface area (TPSA) is 76.6 Å². The average Bonchev–Trinajstić information content (AvgIpc) is 2.52. The predicted molar refractivity (Wildman–Crippen MR) is 86.3 cm³/mol. The Morgan fingerprint density at radius 3 is 2.83 bits per heavy atom. The fourth-order valence-corrected chi connectivity index (χ4v) is 2.52. The number of nitrogens with one attached hydrogen (secondary N) is 1. The first-order chi connectivity index (χ1) is 10.9. The van der Waals surface area contributed by atoms with Crippen LogP contribution in [0.2, 0.25) is 0 Å². The maximum absolute atomic E-state index is 12.2. The van der Waals surface area contributed by atoms with E-state index in [4.69, 9.17) is 9.47 Å². The van der Waals surface area contributed by atoms with Crippen molar-refractivity contribution < 1.29 is 14.3 Å². The Hall–Kier alpha value is -1.89. The van der Waals surface area contributed by atoms with Gasteiger partial charge in [-0.25, -0.2) is 9.78 Å². The van der Waals surface area contributed by atoms with Crippen molar-refractivity contribution in [1.82, 2.24) is 20.2 Å². The molecule has 2 rings (SSSR count). The van der Waals surface area contributed by atoms with E-state index in [1.807, 2.05) is 20.8 Å². The molecule has 1 aromatic heterocycles. The Bertz CT molecular complexity index is 530. The van der Waals surface area contributed by atoms with Crippen LogP contribution in [0.5, 0.6) is 5.88 Å². The average molecular weight is 322 g/mol. The number of carbonyl (C=O) groups excluding carboxylic acids is 1. The lowest BCUT2D eigenvalue weighted by Crippen LogP contribution is -2.49. The van der Waals surface area contributed by atoms with E-state index in [1.165, 1.54) is 0 Å². The van der Waals surface area contributed by atoms with Crippen LogP contribution in [0, 0.1) is 0 Å². The number of nitrogens with zero attached hydrogens (tertiary/aromatic N) is 3. The summed E-state index contributed by atoms with van der Waals surface area (Å²) in [5.41, 5.74) is 0.300. The van der Waals surface area contributed by atoms with Gasteiger partial charge in [0, 0.05) is 38.1 Å². The molecular formula is C16H26N4O3. The summed E-state index contributed by atoms with van der Waals surface area (Å²) in [7, 11) is 1.58. The highest BCUT2D eigenvalue weighted by molar-refractivity contribution is 5.68. The molecule has 0 aromatic carbocycles. The zero-order valence-electron chi connectivity index (χ0n) is 14.3. The minimum absolute atomic E-state index is 0.211. The number of piperidine rings is 1. The van der Waals surface area contributed by atoms with E-state index < -0.39 is 5.60 Å². The highest BCUT2D eigenvalue weighted by atomic mass is 16.6. The van der Waals surface area contributed by atoms with Crippen LogP contribution in [0.3, 0.4) is 0 Å². The van der Waals surface area contributed by atoms with Crippen LogP contribution in [0.1, 0.15) is 39.3 Å². The number of carbonyl (C=O) groups is 1. The third-order valence-corrected chi connectivity index (χ3v) is 3.56. The van der Waals surface area contributed by atoms with Crippen LogP contribution >= 0.6 is 0 Å². The second-order valence-corrected chi connectivity index (χ2v) is 6.66. The van der Waals surface area contributed by atoms with Crippen molar-refractivity contribution in [3.8, 4) is 5.88 Å². The lowest BCUT2D eigenvalue weighted by atomic mass is 10.1. The summed E-state index contributed by atoms with van der Waals surface area (Å²) >= 11 is 0. The van der Waals surface area contributed by atoms with E-state index >= 15 is 0 Å². The van der Waals surface area contributed by atoms with E-state index in [0.29, 0.717) is 19.0 Å². The van der Waals surface area contributed by atoms with Gasteiger partial charge < -0.3 is 19.7 Å². The standard InChI is InChI=1S/C16H26N4O3/c1-16(2,3)23-15(21)20-9-5-6-12(11-20)19-10-13-14(22-4)18-8-7-17-13/h7-8,12,19H,5-6,9-11H2,1-4H3/t12-/m0/s1. The third kappa shape index (κ3) is 5.35. The summed E-state index contributed by atoms with van der Waals surface area (Å²) in [6.45, 7) is 7.57. The molecule has 1 aromatic rings. The van der Waals surface area contributed by atoms with Gasteiger partial charge in [-0.2, -0.15) is 0 Å². The van der Waals surface area contributed by atoms with Crippen LogP contribution < -0.4 is 10.1 Å². The van der Waals surface area contributed by atoms with Gasteiger partial charge in [-0.15, -0.1) is 0 Å². The lowest BCUT2D eigenvalue weighted by molar-refractivity contribution is 0.0187. The molecule has 0 unspecified atom stereocenters. The summed E-state index contributed by atoms with van der Waals surface area (Å²) in [5, 5.41) is 3.43. The van der Waals surface area contributed by atoms with Crippen molar-refractivity contribution in [2.24, 2.45) is 0 Å². The van der Waals surface area contributed by atoms with Gasteiger partial charge in [0.2, 0.25) is 5.88 Å². The number of methoxy groups -OCH3 is 1. The molecular weight excluding hydrogens is 296 g/mol. The van der Waals surface area contributed by atoms with Crippen molar-refractivity contribution in [2.75, 3.05) is 20.2 Å². The van der Waals surface area contributed by atoms with E-state index in [0.717, 1.165) is 25.1 Å². The second kappa shape index (κ2) is 7.59. The summed E-state index contributed by atoms with van der Waals surface area (Å²) in [5.74, 6) is 0.528. The fraction of sp³-hybridized carbons (Fsp3) is 0.688. The molecule has 2 heterocycles. The monoisotopic (exact) mass is 322 g/mol. The van der Waals surface area contributed by atoms with E-state index in [1.54, 1.807) is 24.4 Å². The summed E-state index contributed by atoms with van der Waals surface area (Å²) in [6, 6.07) is 0.211. The molecule has 0 saturated carbocycles. The van der Waals surface area contributed by atoms with Gasteiger partial charge in [0.25, 0.3) is 0 Å². The Morgan fingerprint density at radius 1 is 1.39 bits per heavy atom. The molecule has 7 nitrogen and oxygen atoms in total. The first-order valence-corrected chi connectivity index (χ1v) is 7.94. The fourth-order valence-electron chi connectivity index (χ4n) is 2.52. The third-order valence-electron chi connectivity index (χ3n) is 3.56. The summed E-state index contributed by atoms with van der Waals surface area (Å²) in [6.07, 6.45) is 4.97. The highest BCUT2D eigenvalue weighted by Gasteiger charge is 2.27. The second-order valence-electron chi connectivity index (χ2n) is 6.66. The van der Waals surface area contributed by atoms with Crippen molar-refractivity contribution in [2.45, 2.75) is 51.8 Å². The zero-order chi connectivity index (χ0) is 16.9. The Labute approximate surface area is 137 Å². The predicted octanol–water partition coefficient (Wildman–Crippen LogP) is 1.97. The number of rotatable bonds is 4. The normalized spacial score (nSPS) is 18.6. The molecule has 1 aliphatic rings. The number of hydrogen-bond donors (Lipinski definition) is 1. The Kier molecular flexibility index (Phi) is 5.76. The van der Waals surface area contributed by atoms with E-state index in [2.05, 4.69) is 15.3 Å². The molecule has 1 fully saturated rings. The maximum Gasteiger partial charge on any atom is 0.410 e. The first kappa shape index (κ1) is 17.5. The van der Waals surface area contributed by atoms with Crippen LogP contribution in [0.4, 0.5) is 4.79 Å². The lowest BCUT2D eigenvalue weighted by Gasteiger charge is -2.34. The summed E-state index contributed by atoms with van der Waals surface area (Å²) in [4.78, 5) is 22.3. The number of hydrogen-bond acceptors (Lipinski definition) is 6. The van der Waals surface area contributed by atoms with Gasteiger partial charge in [-0.3, -0.25) is 4.98 Å². The van der Waals surface area contributed by atoms with Crippen molar-refractivity contribution >= 4 is 6.09 Å². The van der Waals surface area contributed by atoms with Gasteiger partial charge in [0.1, 0.15) is 11.3 Å². The van der Waals surface area contributed by atoms with Crippen LogP contribution in [-0.2, 0) is 11.3 Å². The molecule has 0 bridgehead atoms. The molecule has 0 aliphatic carbocycles. The molecule has 128 valence electrons. The van der Waals surface area contributed by atoms with Gasteiger partial charge >= 0.3 is 6.09 Å². The number of amides is 1. The van der Waals surface area contributed by atoms with Gasteiger partial charge in [-0.1, -0.05) is 0 Å². The molecule has 1 N–H and O–H groups in total. The van der Waals surface area contributed by atoms with Gasteiger partial charge in [-0.05, 0) is 33.6 Å². The number of aromatic nitrogens is 2. The maximum atomic E-state index is 12.2. The SMILES string of the molecule is COc1nccnc1CN[C@H]1CCCN(C(=O)OC(C)(C)C)C1. The Balaban J connectivity index is 1.88. The van der Waals surface area contributed by atoms with Crippen molar-refractivity contribution in [3.05, 3.63) is 18.1 Å². The molecule has 1 atom stereocenters. The molecule has 1 saturated heterocycles. The minimum Gasteiger partial charge on any atom is -0.480 e. The number of ether oxygens (including phenoxy) is 2. The summed E-state index contributed by atoms with van der Waals surface area (Å²) < 4.78 is 10.6.